The number of benzene rings is 2. The van der Waals surface area contributed by atoms with Crippen molar-refractivity contribution in [2.45, 2.75) is 11.3 Å². The highest BCUT2D eigenvalue weighted by Gasteiger charge is 2.18. The summed E-state index contributed by atoms with van der Waals surface area (Å²) in [7, 11) is 0. The van der Waals surface area contributed by atoms with Gasteiger partial charge < -0.3 is 16.0 Å². The molecule has 0 bridgehead atoms. The maximum Gasteiger partial charge on any atom is 0.238 e. The van der Waals surface area contributed by atoms with Crippen molar-refractivity contribution in [3.05, 3.63) is 54.1 Å². The van der Waals surface area contributed by atoms with Crippen LogP contribution >= 0.6 is 11.8 Å². The fourth-order valence-electron chi connectivity index (χ4n) is 3.37. The van der Waals surface area contributed by atoms with Gasteiger partial charge in [-0.05, 0) is 42.8 Å². The van der Waals surface area contributed by atoms with Crippen molar-refractivity contribution in [3.63, 3.8) is 0 Å². The van der Waals surface area contributed by atoms with E-state index in [9.17, 15) is 9.59 Å². The Bertz CT molecular complexity index is 926. The molecule has 0 aliphatic carbocycles. The smallest absolute Gasteiger partial charge is 0.238 e. The van der Waals surface area contributed by atoms with Crippen molar-refractivity contribution in [2.75, 3.05) is 48.7 Å². The molecule has 3 N–H and O–H groups in total. The van der Waals surface area contributed by atoms with Crippen molar-refractivity contribution in [3.8, 4) is 6.07 Å². The molecule has 1 fully saturated rings. The first kappa shape index (κ1) is 21.7. The second-order valence-corrected chi connectivity index (χ2v) is 8.09. The Balaban J connectivity index is 1.54. The van der Waals surface area contributed by atoms with E-state index in [1.54, 1.807) is 0 Å². The number of nitrogens with two attached hydrogens (primary N) is 1. The molecule has 156 valence electrons. The molecule has 0 unspecified atom stereocenters. The minimum absolute atomic E-state index is 0.0750. The summed E-state index contributed by atoms with van der Waals surface area (Å²) in [5, 5.41) is 11.9. The zero-order valence-corrected chi connectivity index (χ0v) is 17.5. The molecular weight excluding hydrogens is 398 g/mol. The van der Waals surface area contributed by atoms with E-state index in [1.165, 1.54) is 11.8 Å². The first-order valence-electron chi connectivity index (χ1n) is 9.82. The van der Waals surface area contributed by atoms with Crippen molar-refractivity contribution in [1.82, 2.24) is 4.90 Å². The second kappa shape index (κ2) is 10.7. The van der Waals surface area contributed by atoms with Gasteiger partial charge in [-0.25, -0.2) is 0 Å². The Morgan fingerprint density at radius 1 is 1.07 bits per heavy atom. The third-order valence-electron chi connectivity index (χ3n) is 4.85. The number of primary amides is 1. The molecule has 8 heteroatoms. The number of para-hydroxylation sites is 1. The van der Waals surface area contributed by atoms with Crippen LogP contribution in [0.1, 0.15) is 12.0 Å². The van der Waals surface area contributed by atoms with Gasteiger partial charge >= 0.3 is 0 Å². The summed E-state index contributed by atoms with van der Waals surface area (Å²) in [6.45, 7) is 3.68. The van der Waals surface area contributed by atoms with E-state index in [2.05, 4.69) is 21.2 Å². The normalized spacial score (nSPS) is 14.6. The second-order valence-electron chi connectivity index (χ2n) is 7.07. The number of nitrogens with zero attached hydrogens (tertiary/aromatic N) is 3. The van der Waals surface area contributed by atoms with Crippen LogP contribution in [0.2, 0.25) is 0 Å². The van der Waals surface area contributed by atoms with Crippen LogP contribution in [0.4, 0.5) is 11.4 Å². The first-order chi connectivity index (χ1) is 14.5. The SMILES string of the molecule is N#Cc1ccc(N2CCCN(CC(=O)Nc3ccccc3SCC(N)=O)CC2)cc1. The van der Waals surface area contributed by atoms with E-state index in [1.807, 2.05) is 48.5 Å². The maximum atomic E-state index is 12.6. The number of nitrogens with one attached hydrogen (secondary N) is 1. The first-order valence-corrected chi connectivity index (χ1v) is 10.8. The van der Waals surface area contributed by atoms with Gasteiger partial charge in [0.1, 0.15) is 0 Å². The van der Waals surface area contributed by atoms with Gasteiger partial charge in [0.15, 0.2) is 0 Å². The highest BCUT2D eigenvalue weighted by molar-refractivity contribution is 8.00. The van der Waals surface area contributed by atoms with Crippen LogP contribution < -0.4 is 16.0 Å². The molecule has 1 heterocycles. The van der Waals surface area contributed by atoms with Gasteiger partial charge in [0.05, 0.1) is 29.6 Å². The number of carbonyl (C=O) groups is 2. The van der Waals surface area contributed by atoms with Crippen LogP contribution in [0.15, 0.2) is 53.4 Å². The number of carbonyl (C=O) groups excluding carboxylic acids is 2. The van der Waals surface area contributed by atoms with Crippen LogP contribution in [0.25, 0.3) is 0 Å². The molecule has 2 aromatic rings. The zero-order valence-electron chi connectivity index (χ0n) is 16.7. The number of anilines is 2. The minimum Gasteiger partial charge on any atom is -0.370 e. The fourth-order valence-corrected chi connectivity index (χ4v) is 4.12. The number of amides is 2. The molecule has 3 rings (SSSR count). The predicted molar refractivity (Wildman–Crippen MR) is 119 cm³/mol. The summed E-state index contributed by atoms with van der Waals surface area (Å²) in [6, 6.07) is 17.2. The van der Waals surface area contributed by atoms with E-state index < -0.39 is 5.91 Å². The Hall–Kier alpha value is -3.02. The highest BCUT2D eigenvalue weighted by atomic mass is 32.2. The van der Waals surface area contributed by atoms with Gasteiger partial charge in [-0.15, -0.1) is 11.8 Å². The van der Waals surface area contributed by atoms with Crippen LogP contribution in [0.3, 0.4) is 0 Å². The molecule has 0 atom stereocenters. The van der Waals surface area contributed by atoms with Crippen LogP contribution in [0, 0.1) is 11.3 Å². The fraction of sp³-hybridized carbons (Fsp3) is 0.318. The van der Waals surface area contributed by atoms with Crippen LogP contribution in [-0.2, 0) is 9.59 Å². The van der Waals surface area contributed by atoms with E-state index in [-0.39, 0.29) is 11.7 Å². The Kier molecular flexibility index (Phi) is 7.71. The monoisotopic (exact) mass is 423 g/mol. The Morgan fingerprint density at radius 3 is 2.57 bits per heavy atom. The zero-order chi connectivity index (χ0) is 21.3. The standard InChI is InChI=1S/C22H25N5O2S/c23-14-17-6-8-18(9-7-17)27-11-3-10-26(12-13-27)15-22(29)25-19-4-1-2-5-20(19)30-16-21(24)28/h1-2,4-9H,3,10-13,15-16H2,(H2,24,28)(H,25,29). The van der Waals surface area contributed by atoms with Crippen molar-refractivity contribution < 1.29 is 9.59 Å². The van der Waals surface area contributed by atoms with Gasteiger partial charge in [-0.3, -0.25) is 14.5 Å². The molecule has 2 aromatic carbocycles. The number of thioether (sulfide) groups is 1. The average Bonchev–Trinajstić information content (AvgIpc) is 2.98. The number of hydrogen-bond acceptors (Lipinski definition) is 6. The van der Waals surface area contributed by atoms with E-state index in [0.29, 0.717) is 17.8 Å². The summed E-state index contributed by atoms with van der Waals surface area (Å²) >= 11 is 1.32. The van der Waals surface area contributed by atoms with Gasteiger partial charge in [0.25, 0.3) is 0 Å². The molecule has 30 heavy (non-hydrogen) atoms. The Labute approximate surface area is 180 Å². The summed E-state index contributed by atoms with van der Waals surface area (Å²) < 4.78 is 0. The van der Waals surface area contributed by atoms with E-state index >= 15 is 0 Å². The lowest BCUT2D eigenvalue weighted by atomic mass is 10.2. The quantitative estimate of drug-likeness (QED) is 0.663. The summed E-state index contributed by atoms with van der Waals surface area (Å²) in [5.74, 6) is -0.295. The molecule has 7 nitrogen and oxygen atoms in total. The lowest BCUT2D eigenvalue weighted by Crippen LogP contribution is -2.36. The Morgan fingerprint density at radius 2 is 1.83 bits per heavy atom. The minimum atomic E-state index is -0.391. The lowest BCUT2D eigenvalue weighted by Gasteiger charge is -2.23. The van der Waals surface area contributed by atoms with Crippen molar-refractivity contribution in [1.29, 1.82) is 5.26 Å². The molecule has 2 amide bonds. The molecule has 1 saturated heterocycles. The summed E-state index contributed by atoms with van der Waals surface area (Å²) in [4.78, 5) is 28.9. The number of nitriles is 1. The van der Waals surface area contributed by atoms with Gasteiger partial charge in [-0.1, -0.05) is 12.1 Å². The number of rotatable bonds is 7. The molecule has 0 saturated carbocycles. The molecule has 1 aliphatic heterocycles. The molecule has 0 spiro atoms. The molecular formula is C22H25N5O2S. The lowest BCUT2D eigenvalue weighted by molar-refractivity contribution is -0.117. The van der Waals surface area contributed by atoms with Gasteiger partial charge in [0, 0.05) is 36.8 Å². The molecule has 1 aliphatic rings. The van der Waals surface area contributed by atoms with Crippen LogP contribution in [-0.4, -0.2) is 55.2 Å². The van der Waals surface area contributed by atoms with Crippen LogP contribution in [0.5, 0.6) is 0 Å². The third kappa shape index (κ3) is 6.24. The predicted octanol–water partition coefficient (Wildman–Crippen LogP) is 2.29. The highest BCUT2D eigenvalue weighted by Crippen LogP contribution is 2.26. The van der Waals surface area contributed by atoms with Gasteiger partial charge in [-0.2, -0.15) is 5.26 Å². The molecule has 0 aromatic heterocycles. The van der Waals surface area contributed by atoms with E-state index in [0.717, 1.165) is 43.2 Å². The maximum absolute atomic E-state index is 12.6. The largest absolute Gasteiger partial charge is 0.370 e. The van der Waals surface area contributed by atoms with Crippen molar-refractivity contribution >= 4 is 35.0 Å². The van der Waals surface area contributed by atoms with Gasteiger partial charge in [0.2, 0.25) is 11.8 Å². The average molecular weight is 424 g/mol. The summed E-state index contributed by atoms with van der Waals surface area (Å²) in [5.41, 5.74) is 7.67. The molecule has 0 radical (unpaired) electrons. The number of hydrogen-bond donors (Lipinski definition) is 2. The third-order valence-corrected chi connectivity index (χ3v) is 5.94. The van der Waals surface area contributed by atoms with E-state index in [4.69, 9.17) is 11.0 Å². The topological polar surface area (TPSA) is 102 Å². The summed E-state index contributed by atoms with van der Waals surface area (Å²) in [6.07, 6.45) is 0.957. The van der Waals surface area contributed by atoms with Crippen molar-refractivity contribution in [2.24, 2.45) is 5.73 Å².